The quantitative estimate of drug-likeness (QED) is 0.346. The van der Waals surface area contributed by atoms with Crippen molar-refractivity contribution in [3.8, 4) is 22.5 Å². The maximum absolute atomic E-state index is 13.9. The van der Waals surface area contributed by atoms with Gasteiger partial charge in [-0.15, -0.1) is 0 Å². The summed E-state index contributed by atoms with van der Waals surface area (Å²) in [6.07, 6.45) is 3.85. The average molecular weight is 441 g/mol. The highest BCUT2D eigenvalue weighted by Crippen LogP contribution is 2.35. The van der Waals surface area contributed by atoms with Crippen LogP contribution in [0.4, 0.5) is 20.3 Å². The fourth-order valence-corrected chi connectivity index (χ4v) is 3.69. The molecule has 2 aromatic carbocycles. The molecule has 162 valence electrons. The van der Waals surface area contributed by atoms with Crippen molar-refractivity contribution in [1.29, 1.82) is 0 Å². The third-order valence-corrected chi connectivity index (χ3v) is 5.30. The summed E-state index contributed by atoms with van der Waals surface area (Å²) in [6.45, 7) is 1.70. The van der Waals surface area contributed by atoms with Gasteiger partial charge in [-0.1, -0.05) is 0 Å². The topological polar surface area (TPSA) is 63.4 Å². The second-order valence-corrected chi connectivity index (χ2v) is 7.42. The Balaban J connectivity index is 1.69. The minimum absolute atomic E-state index is 0.297. The number of amides is 1. The number of halogens is 2. The molecule has 0 aliphatic rings. The van der Waals surface area contributed by atoms with Crippen molar-refractivity contribution in [1.82, 2.24) is 19.6 Å². The normalized spacial score (nSPS) is 11.0. The maximum Gasteiger partial charge on any atom is 0.219 e. The average Bonchev–Trinajstić information content (AvgIpc) is 3.22. The Bertz CT molecular complexity index is 1480. The van der Waals surface area contributed by atoms with Crippen LogP contribution in [-0.4, -0.2) is 26.0 Å². The number of carbonyl (C=O) groups excluding carboxylic acids is 1. The van der Waals surface area contributed by atoms with Crippen LogP contribution < -0.4 is 4.90 Å². The number of benzene rings is 2. The number of anilines is 2. The number of hydrogen-bond acceptors (Lipinski definition) is 4. The molecule has 0 saturated carbocycles. The summed E-state index contributed by atoms with van der Waals surface area (Å²) in [4.78, 5) is 22.3. The standard InChI is InChI=1S/C25H17F2N5O/c1-16-13-17(4-9-21(16)27)24-25(32-22(30-24)3-2-11-29-32)18-10-12-28-23(14-18)31(15-33)20-7-5-19(26)6-8-20/h2-15H,1H3. The molecule has 5 rings (SSSR count). The fourth-order valence-electron chi connectivity index (χ4n) is 3.69. The van der Waals surface area contributed by atoms with Crippen LogP contribution in [-0.2, 0) is 4.79 Å². The molecule has 1 amide bonds. The van der Waals surface area contributed by atoms with Gasteiger partial charge in [-0.25, -0.2) is 23.3 Å². The number of aryl methyl sites for hydroxylation is 1. The molecular weight excluding hydrogens is 424 g/mol. The van der Waals surface area contributed by atoms with E-state index in [4.69, 9.17) is 4.98 Å². The number of rotatable bonds is 5. The predicted molar refractivity (Wildman–Crippen MR) is 121 cm³/mol. The van der Waals surface area contributed by atoms with Crippen molar-refractivity contribution in [2.24, 2.45) is 0 Å². The monoisotopic (exact) mass is 441 g/mol. The third kappa shape index (κ3) is 3.71. The molecule has 0 bridgehead atoms. The summed E-state index contributed by atoms with van der Waals surface area (Å²) in [5.41, 5.74) is 4.33. The Morgan fingerprint density at radius 3 is 2.52 bits per heavy atom. The van der Waals surface area contributed by atoms with E-state index < -0.39 is 5.82 Å². The smallest absolute Gasteiger partial charge is 0.219 e. The summed E-state index contributed by atoms with van der Waals surface area (Å²) >= 11 is 0. The van der Waals surface area contributed by atoms with Crippen molar-refractivity contribution < 1.29 is 13.6 Å². The zero-order chi connectivity index (χ0) is 22.9. The molecule has 0 N–H and O–H groups in total. The van der Waals surface area contributed by atoms with E-state index >= 15 is 0 Å². The van der Waals surface area contributed by atoms with Gasteiger partial charge in [0.05, 0.1) is 11.4 Å². The predicted octanol–water partition coefficient (Wildman–Crippen LogP) is 5.34. The molecule has 8 heteroatoms. The summed E-state index contributed by atoms with van der Waals surface area (Å²) in [5.74, 6) is -0.349. The van der Waals surface area contributed by atoms with Gasteiger partial charge in [-0.2, -0.15) is 5.10 Å². The summed E-state index contributed by atoms with van der Waals surface area (Å²) < 4.78 is 28.9. The van der Waals surface area contributed by atoms with Crippen LogP contribution in [0.5, 0.6) is 0 Å². The maximum atomic E-state index is 13.9. The minimum atomic E-state index is -0.401. The highest BCUT2D eigenvalue weighted by Gasteiger charge is 2.19. The van der Waals surface area contributed by atoms with Gasteiger partial charge < -0.3 is 0 Å². The number of hydrogen-bond donors (Lipinski definition) is 0. The van der Waals surface area contributed by atoms with Gasteiger partial charge in [0.2, 0.25) is 6.41 Å². The first-order chi connectivity index (χ1) is 16.0. The number of fused-ring (bicyclic) bond motifs is 1. The van der Waals surface area contributed by atoms with E-state index in [1.807, 2.05) is 6.07 Å². The highest BCUT2D eigenvalue weighted by atomic mass is 19.1. The van der Waals surface area contributed by atoms with Gasteiger partial charge in [0.25, 0.3) is 0 Å². The third-order valence-electron chi connectivity index (χ3n) is 5.30. The summed E-state index contributed by atoms with van der Waals surface area (Å²) in [5, 5.41) is 4.44. The van der Waals surface area contributed by atoms with Gasteiger partial charge in [0, 0.05) is 23.5 Å². The largest absolute Gasteiger partial charge is 0.278 e. The van der Waals surface area contributed by atoms with Crippen LogP contribution in [0, 0.1) is 18.6 Å². The van der Waals surface area contributed by atoms with Crippen LogP contribution in [0.1, 0.15) is 5.56 Å². The lowest BCUT2D eigenvalue weighted by atomic mass is 10.0. The molecule has 3 aromatic heterocycles. The molecular formula is C25H17F2N5O. The molecule has 0 saturated heterocycles. The Kier molecular flexibility index (Phi) is 5.10. The molecule has 0 unspecified atom stereocenters. The first-order valence-electron chi connectivity index (χ1n) is 10.1. The summed E-state index contributed by atoms with van der Waals surface area (Å²) in [7, 11) is 0. The Morgan fingerprint density at radius 1 is 0.939 bits per heavy atom. The zero-order valence-corrected chi connectivity index (χ0v) is 17.5. The van der Waals surface area contributed by atoms with Gasteiger partial charge in [0.15, 0.2) is 5.65 Å². The van der Waals surface area contributed by atoms with Crippen molar-refractivity contribution in [2.75, 3.05) is 4.90 Å². The second kappa shape index (κ2) is 8.23. The number of pyridine rings is 1. The molecule has 0 fully saturated rings. The molecule has 33 heavy (non-hydrogen) atoms. The number of nitrogens with zero attached hydrogens (tertiary/aromatic N) is 5. The lowest BCUT2D eigenvalue weighted by Gasteiger charge is -2.17. The molecule has 6 nitrogen and oxygen atoms in total. The van der Waals surface area contributed by atoms with E-state index in [0.29, 0.717) is 46.1 Å². The number of carbonyl (C=O) groups is 1. The van der Waals surface area contributed by atoms with Crippen molar-refractivity contribution in [3.63, 3.8) is 0 Å². The van der Waals surface area contributed by atoms with E-state index in [0.717, 1.165) is 5.56 Å². The number of aromatic nitrogens is 4. The first kappa shape index (κ1) is 20.4. The number of imidazole rings is 1. The highest BCUT2D eigenvalue weighted by molar-refractivity contribution is 5.88. The van der Waals surface area contributed by atoms with E-state index in [1.54, 1.807) is 54.2 Å². The van der Waals surface area contributed by atoms with Crippen molar-refractivity contribution >= 4 is 23.6 Å². The zero-order valence-electron chi connectivity index (χ0n) is 17.5. The SMILES string of the molecule is Cc1cc(-c2nc3cccnn3c2-c2ccnc(N(C=O)c3ccc(F)cc3)c2)ccc1F. The Morgan fingerprint density at radius 2 is 1.76 bits per heavy atom. The molecule has 0 radical (unpaired) electrons. The fraction of sp³-hybridized carbons (Fsp3) is 0.0400. The van der Waals surface area contributed by atoms with Crippen LogP contribution in [0.25, 0.3) is 28.2 Å². The lowest BCUT2D eigenvalue weighted by molar-refractivity contribution is -0.106. The molecule has 0 aliphatic heterocycles. The molecule has 3 heterocycles. The van der Waals surface area contributed by atoms with Crippen molar-refractivity contribution in [3.05, 3.63) is 96.3 Å². The lowest BCUT2D eigenvalue weighted by Crippen LogP contribution is -2.15. The molecule has 0 spiro atoms. The molecule has 0 atom stereocenters. The van der Waals surface area contributed by atoms with E-state index in [2.05, 4.69) is 10.1 Å². The molecule has 5 aromatic rings. The Hall–Kier alpha value is -4.46. The minimum Gasteiger partial charge on any atom is -0.278 e. The van der Waals surface area contributed by atoms with Gasteiger partial charge in [0.1, 0.15) is 23.1 Å². The van der Waals surface area contributed by atoms with E-state index in [-0.39, 0.29) is 5.82 Å². The second-order valence-electron chi connectivity index (χ2n) is 7.42. The van der Waals surface area contributed by atoms with Crippen molar-refractivity contribution in [2.45, 2.75) is 6.92 Å². The van der Waals surface area contributed by atoms with Crippen LogP contribution in [0.15, 0.2) is 79.1 Å². The van der Waals surface area contributed by atoms with Crippen LogP contribution >= 0.6 is 0 Å². The van der Waals surface area contributed by atoms with Gasteiger partial charge in [-0.3, -0.25) is 9.69 Å². The van der Waals surface area contributed by atoms with E-state index in [1.165, 1.54) is 35.2 Å². The van der Waals surface area contributed by atoms with Gasteiger partial charge in [-0.05, 0) is 79.2 Å². The van der Waals surface area contributed by atoms with Gasteiger partial charge >= 0.3 is 0 Å². The molecule has 0 aliphatic carbocycles. The first-order valence-corrected chi connectivity index (χ1v) is 10.1. The van der Waals surface area contributed by atoms with Crippen LogP contribution in [0.3, 0.4) is 0 Å². The van der Waals surface area contributed by atoms with E-state index in [9.17, 15) is 13.6 Å². The van der Waals surface area contributed by atoms with Crippen LogP contribution in [0.2, 0.25) is 0 Å². The Labute approximate surface area is 187 Å². The summed E-state index contributed by atoms with van der Waals surface area (Å²) in [6, 6.07) is 17.5.